The van der Waals surface area contributed by atoms with Crippen LogP contribution >= 0.6 is 15.9 Å². The number of halogens is 1. The molecule has 1 aromatic rings. The molecular weight excluding hydrogens is 308 g/mol. The van der Waals surface area contributed by atoms with Gasteiger partial charge >= 0.3 is 5.97 Å². The van der Waals surface area contributed by atoms with E-state index in [1.807, 2.05) is 30.3 Å². The Bertz CT molecular complexity index is 462. The van der Waals surface area contributed by atoms with Gasteiger partial charge in [0, 0.05) is 6.42 Å². The number of ether oxygens (including phenoxy) is 1. The summed E-state index contributed by atoms with van der Waals surface area (Å²) in [7, 11) is 0. The van der Waals surface area contributed by atoms with Crippen LogP contribution in [0.5, 0.6) is 0 Å². The number of hydrogen-bond acceptors (Lipinski definition) is 3. The molecule has 0 saturated carbocycles. The Labute approximate surface area is 122 Å². The van der Waals surface area contributed by atoms with Gasteiger partial charge in [0.15, 0.2) is 10.1 Å². The van der Waals surface area contributed by atoms with Gasteiger partial charge < -0.3 is 4.74 Å². The predicted molar refractivity (Wildman–Crippen MR) is 78.3 cm³/mol. The maximum atomic E-state index is 12.2. The molecule has 1 atom stereocenters. The molecule has 4 heteroatoms. The minimum Gasteiger partial charge on any atom is -0.459 e. The fraction of sp³-hybridized carbons (Fsp3) is 0.467. The molecule has 1 aromatic carbocycles. The number of alkyl halides is 1. The third kappa shape index (κ3) is 4.46. The largest absolute Gasteiger partial charge is 0.459 e. The first kappa shape index (κ1) is 15.9. The van der Waals surface area contributed by atoms with Crippen LogP contribution in [0.15, 0.2) is 30.3 Å². The number of carbonyl (C=O) groups excluding carboxylic acids is 2. The number of carbonyl (C=O) groups is 2. The van der Waals surface area contributed by atoms with E-state index in [0.29, 0.717) is 0 Å². The molecule has 0 aliphatic carbocycles. The number of esters is 1. The first-order valence-corrected chi connectivity index (χ1v) is 6.92. The van der Waals surface area contributed by atoms with Gasteiger partial charge in [-0.05, 0) is 33.3 Å². The second-order valence-electron chi connectivity index (χ2n) is 5.52. The van der Waals surface area contributed by atoms with Crippen molar-refractivity contribution in [3.8, 4) is 0 Å². The third-order valence-corrected chi connectivity index (χ3v) is 3.73. The summed E-state index contributed by atoms with van der Waals surface area (Å²) in [5.41, 5.74) is 0.280. The quantitative estimate of drug-likeness (QED) is 0.484. The fourth-order valence-electron chi connectivity index (χ4n) is 1.58. The summed E-state index contributed by atoms with van der Waals surface area (Å²) in [6, 6.07) is 9.39. The summed E-state index contributed by atoms with van der Waals surface area (Å²) < 4.78 is 4.01. The van der Waals surface area contributed by atoms with Gasteiger partial charge in [-0.25, -0.2) is 0 Å². The molecule has 0 N–H and O–H groups in total. The molecule has 0 saturated heterocycles. The van der Waals surface area contributed by atoms with E-state index < -0.39 is 15.9 Å². The fourth-order valence-corrected chi connectivity index (χ4v) is 1.98. The highest BCUT2D eigenvalue weighted by Gasteiger charge is 2.43. The molecule has 104 valence electrons. The van der Waals surface area contributed by atoms with Crippen LogP contribution < -0.4 is 0 Å². The Morgan fingerprint density at radius 2 is 1.68 bits per heavy atom. The molecule has 0 spiro atoms. The zero-order valence-electron chi connectivity index (χ0n) is 11.7. The van der Waals surface area contributed by atoms with Crippen molar-refractivity contribution in [3.05, 3.63) is 35.9 Å². The molecule has 1 unspecified atom stereocenters. The van der Waals surface area contributed by atoms with Crippen molar-refractivity contribution in [3.63, 3.8) is 0 Å². The number of rotatable bonds is 4. The molecule has 1 rings (SSSR count). The minimum atomic E-state index is -1.32. The molecular formula is C15H19BrO3. The summed E-state index contributed by atoms with van der Waals surface area (Å²) in [5, 5.41) is 0. The highest BCUT2D eigenvalue weighted by molar-refractivity contribution is 9.10. The van der Waals surface area contributed by atoms with E-state index in [0.717, 1.165) is 5.56 Å². The van der Waals surface area contributed by atoms with Crippen LogP contribution in [0.2, 0.25) is 0 Å². The lowest BCUT2D eigenvalue weighted by molar-refractivity contribution is -0.159. The molecule has 0 fully saturated rings. The van der Waals surface area contributed by atoms with Gasteiger partial charge in [0.1, 0.15) is 5.60 Å². The van der Waals surface area contributed by atoms with Gasteiger partial charge in [0.05, 0.1) is 0 Å². The molecule has 0 heterocycles. The topological polar surface area (TPSA) is 43.4 Å². The number of hydrogen-bond donors (Lipinski definition) is 0. The van der Waals surface area contributed by atoms with Crippen LogP contribution in [-0.4, -0.2) is 21.7 Å². The van der Waals surface area contributed by atoms with Crippen LogP contribution in [0.3, 0.4) is 0 Å². The molecule has 0 aliphatic heterocycles. The smallest absolute Gasteiger partial charge is 0.331 e. The van der Waals surface area contributed by atoms with Gasteiger partial charge in [-0.1, -0.05) is 46.3 Å². The van der Waals surface area contributed by atoms with Gasteiger partial charge in [-0.3, -0.25) is 9.59 Å². The molecule has 19 heavy (non-hydrogen) atoms. The molecule has 3 nitrogen and oxygen atoms in total. The van der Waals surface area contributed by atoms with E-state index in [1.54, 1.807) is 20.8 Å². The van der Waals surface area contributed by atoms with Gasteiger partial charge in [-0.2, -0.15) is 0 Å². The maximum absolute atomic E-state index is 12.2. The van der Waals surface area contributed by atoms with E-state index in [-0.39, 0.29) is 12.2 Å². The summed E-state index contributed by atoms with van der Waals surface area (Å²) in [6.07, 6.45) is 0.276. The highest BCUT2D eigenvalue weighted by atomic mass is 79.9. The zero-order chi connectivity index (χ0) is 14.7. The van der Waals surface area contributed by atoms with Crippen LogP contribution in [-0.2, 0) is 20.7 Å². The minimum absolute atomic E-state index is 0.259. The van der Waals surface area contributed by atoms with E-state index >= 15 is 0 Å². The average molecular weight is 327 g/mol. The van der Waals surface area contributed by atoms with Crippen LogP contribution in [0.1, 0.15) is 33.3 Å². The Hall–Kier alpha value is -1.16. The van der Waals surface area contributed by atoms with Crippen molar-refractivity contribution >= 4 is 27.7 Å². The first-order chi connectivity index (χ1) is 8.65. The van der Waals surface area contributed by atoms with Crippen molar-refractivity contribution in [1.82, 2.24) is 0 Å². The third-order valence-electron chi connectivity index (χ3n) is 2.57. The normalized spacial score (nSPS) is 14.6. The Balaban J connectivity index is 2.98. The van der Waals surface area contributed by atoms with Gasteiger partial charge in [-0.15, -0.1) is 0 Å². The predicted octanol–water partition coefficient (Wildman–Crippen LogP) is 3.29. The zero-order valence-corrected chi connectivity index (χ0v) is 13.3. The molecule has 0 radical (unpaired) electrons. The van der Waals surface area contributed by atoms with Crippen molar-refractivity contribution in [1.29, 1.82) is 0 Å². The summed E-state index contributed by atoms with van der Waals surface area (Å²) in [4.78, 5) is 24.1. The molecule has 0 amide bonds. The van der Waals surface area contributed by atoms with Crippen molar-refractivity contribution < 1.29 is 14.3 Å². The Morgan fingerprint density at radius 3 is 2.11 bits per heavy atom. The first-order valence-electron chi connectivity index (χ1n) is 6.12. The van der Waals surface area contributed by atoms with E-state index in [1.165, 1.54) is 6.92 Å². The molecule has 0 aromatic heterocycles. The lowest BCUT2D eigenvalue weighted by atomic mass is 9.95. The second-order valence-corrected chi connectivity index (χ2v) is 6.88. The molecule has 0 bridgehead atoms. The number of benzene rings is 1. The lowest BCUT2D eigenvalue weighted by Crippen LogP contribution is -2.45. The number of ketones is 1. The highest BCUT2D eigenvalue weighted by Crippen LogP contribution is 2.28. The van der Waals surface area contributed by atoms with Crippen LogP contribution in [0.25, 0.3) is 0 Å². The van der Waals surface area contributed by atoms with E-state index in [2.05, 4.69) is 15.9 Å². The number of Topliss-reactive ketones (excluding diaryl/α,β-unsaturated/α-hetero) is 1. The van der Waals surface area contributed by atoms with E-state index in [4.69, 9.17) is 4.74 Å². The standard InChI is InChI=1S/C15H19BrO3/c1-11(17)15(16,13(18)19-14(2,3)4)10-12-8-6-5-7-9-12/h5-9H,10H2,1-4H3. The average Bonchev–Trinajstić information content (AvgIpc) is 2.27. The van der Waals surface area contributed by atoms with Crippen LogP contribution in [0.4, 0.5) is 0 Å². The molecule has 0 aliphatic rings. The van der Waals surface area contributed by atoms with Crippen molar-refractivity contribution in [2.45, 2.75) is 44.0 Å². The Morgan fingerprint density at radius 1 is 1.16 bits per heavy atom. The van der Waals surface area contributed by atoms with Crippen LogP contribution in [0, 0.1) is 0 Å². The van der Waals surface area contributed by atoms with Crippen molar-refractivity contribution in [2.75, 3.05) is 0 Å². The SMILES string of the molecule is CC(=O)C(Br)(Cc1ccccc1)C(=O)OC(C)(C)C. The van der Waals surface area contributed by atoms with Crippen molar-refractivity contribution in [2.24, 2.45) is 0 Å². The second kappa shape index (κ2) is 5.87. The monoisotopic (exact) mass is 326 g/mol. The summed E-state index contributed by atoms with van der Waals surface area (Å²) in [6.45, 7) is 6.73. The Kier molecular flexibility index (Phi) is 4.91. The lowest BCUT2D eigenvalue weighted by Gasteiger charge is -2.28. The van der Waals surface area contributed by atoms with E-state index in [9.17, 15) is 9.59 Å². The van der Waals surface area contributed by atoms with Gasteiger partial charge in [0.25, 0.3) is 0 Å². The summed E-state index contributed by atoms with van der Waals surface area (Å²) >= 11 is 3.28. The van der Waals surface area contributed by atoms with Gasteiger partial charge in [0.2, 0.25) is 0 Å². The summed E-state index contributed by atoms with van der Waals surface area (Å²) in [5.74, 6) is -0.804. The maximum Gasteiger partial charge on any atom is 0.331 e.